The topological polar surface area (TPSA) is 74.6 Å². The fourth-order valence-electron chi connectivity index (χ4n) is 3.11. The van der Waals surface area contributed by atoms with Crippen molar-refractivity contribution >= 4 is 41.5 Å². The van der Waals surface area contributed by atoms with Crippen LogP contribution < -0.4 is 0 Å². The van der Waals surface area contributed by atoms with Gasteiger partial charge in [0, 0.05) is 0 Å². The van der Waals surface area contributed by atoms with E-state index in [-0.39, 0.29) is 36.0 Å². The molecule has 25 heavy (non-hydrogen) atoms. The average molecular weight is 367 g/mol. The Morgan fingerprint density at radius 1 is 0.680 bits per heavy atom. The van der Waals surface area contributed by atoms with Crippen molar-refractivity contribution in [3.05, 3.63) is 0 Å². The predicted octanol–water partition coefficient (Wildman–Crippen LogP) is 5.38. The Morgan fingerprint density at radius 3 is 1.36 bits per heavy atom. The molecule has 0 saturated heterocycles. The van der Waals surface area contributed by atoms with Gasteiger partial charge in [-0.05, 0) is 6.42 Å². The fraction of sp³-hybridized carbons (Fsp3) is 0.900. The van der Waals surface area contributed by atoms with Crippen molar-refractivity contribution in [3.63, 3.8) is 0 Å². The summed E-state index contributed by atoms with van der Waals surface area (Å²) in [4.78, 5) is 21.5. The van der Waals surface area contributed by atoms with Crippen molar-refractivity contribution in [2.24, 2.45) is 5.92 Å². The van der Waals surface area contributed by atoms with E-state index in [2.05, 4.69) is 6.92 Å². The van der Waals surface area contributed by atoms with Crippen molar-refractivity contribution in [2.75, 3.05) is 0 Å². The second-order valence-electron chi connectivity index (χ2n) is 7.02. The van der Waals surface area contributed by atoms with Gasteiger partial charge in [-0.25, -0.2) is 0 Å². The van der Waals surface area contributed by atoms with Crippen LogP contribution in [0.3, 0.4) is 0 Å². The van der Waals surface area contributed by atoms with Gasteiger partial charge in [-0.3, -0.25) is 9.59 Å². The van der Waals surface area contributed by atoms with Gasteiger partial charge in [-0.1, -0.05) is 96.8 Å². The number of hydrogen-bond acceptors (Lipinski definition) is 2. The van der Waals surface area contributed by atoms with Gasteiger partial charge in [-0.2, -0.15) is 0 Å². The van der Waals surface area contributed by atoms with Crippen LogP contribution in [0.5, 0.6) is 0 Å². The van der Waals surface area contributed by atoms with E-state index in [0.717, 1.165) is 19.3 Å². The molecular formula is C20H39NaO4. The zero-order valence-electron chi connectivity index (χ0n) is 15.6. The number of carboxylic acids is 2. The average Bonchev–Trinajstić information content (AvgIpc) is 2.53. The first-order valence-electron chi connectivity index (χ1n) is 10.0. The van der Waals surface area contributed by atoms with Crippen LogP contribution in [0.25, 0.3) is 0 Å². The summed E-state index contributed by atoms with van der Waals surface area (Å²) in [5, 5.41) is 17.6. The molecule has 0 radical (unpaired) electrons. The van der Waals surface area contributed by atoms with E-state index in [1.165, 1.54) is 70.6 Å². The van der Waals surface area contributed by atoms with Crippen molar-refractivity contribution in [3.8, 4) is 0 Å². The van der Waals surface area contributed by atoms with Crippen LogP contribution in [0.4, 0.5) is 0 Å². The second-order valence-corrected chi connectivity index (χ2v) is 7.02. The molecule has 0 heterocycles. The maximum atomic E-state index is 10.9. The van der Waals surface area contributed by atoms with Gasteiger partial charge in [0.2, 0.25) is 0 Å². The Hall–Kier alpha value is -0.0600. The third-order valence-corrected chi connectivity index (χ3v) is 4.68. The minimum atomic E-state index is -1.02. The molecule has 144 valence electrons. The van der Waals surface area contributed by atoms with Gasteiger partial charge in [-0.15, -0.1) is 0 Å². The molecule has 2 N–H and O–H groups in total. The molecule has 0 saturated carbocycles. The van der Waals surface area contributed by atoms with E-state index in [0.29, 0.717) is 6.42 Å². The van der Waals surface area contributed by atoms with Gasteiger partial charge in [0.25, 0.3) is 0 Å². The number of carboxylic acid groups (broad SMARTS) is 2. The summed E-state index contributed by atoms with van der Waals surface area (Å²) >= 11 is 0. The molecule has 0 aliphatic rings. The summed E-state index contributed by atoms with van der Waals surface area (Å²) in [6.07, 6.45) is 18.0. The van der Waals surface area contributed by atoms with Crippen molar-refractivity contribution in [1.82, 2.24) is 0 Å². The van der Waals surface area contributed by atoms with Crippen LogP contribution >= 0.6 is 0 Å². The second kappa shape index (κ2) is 20.3. The SMILES string of the molecule is CCCCCCCCCCCCCCCCC(CC(=O)O)C(=O)O.[NaH]. The summed E-state index contributed by atoms with van der Waals surface area (Å²) in [6, 6.07) is 0. The number of aliphatic carboxylic acids is 2. The van der Waals surface area contributed by atoms with Crippen LogP contribution in [0, 0.1) is 5.92 Å². The van der Waals surface area contributed by atoms with E-state index >= 15 is 0 Å². The molecule has 1 unspecified atom stereocenters. The number of hydrogen-bond donors (Lipinski definition) is 2. The van der Waals surface area contributed by atoms with Crippen LogP contribution in [0.2, 0.25) is 0 Å². The number of unbranched alkanes of at least 4 members (excludes halogenated alkanes) is 13. The third-order valence-electron chi connectivity index (χ3n) is 4.68. The zero-order valence-corrected chi connectivity index (χ0v) is 15.6. The molecule has 0 aliphatic carbocycles. The molecule has 0 aromatic rings. The zero-order chi connectivity index (χ0) is 18.0. The molecule has 0 aromatic heterocycles. The van der Waals surface area contributed by atoms with E-state index in [1.807, 2.05) is 0 Å². The molecule has 0 aromatic carbocycles. The van der Waals surface area contributed by atoms with Crippen molar-refractivity contribution in [2.45, 2.75) is 110 Å². The first kappa shape index (κ1) is 27.2. The molecule has 0 fully saturated rings. The molecular weight excluding hydrogens is 327 g/mol. The predicted molar refractivity (Wildman–Crippen MR) is 105 cm³/mol. The van der Waals surface area contributed by atoms with Gasteiger partial charge in [0.05, 0.1) is 12.3 Å². The molecule has 0 spiro atoms. The summed E-state index contributed by atoms with van der Waals surface area (Å²) in [5.41, 5.74) is 0. The van der Waals surface area contributed by atoms with E-state index in [1.54, 1.807) is 0 Å². The Labute approximate surface area is 176 Å². The Morgan fingerprint density at radius 2 is 1.04 bits per heavy atom. The van der Waals surface area contributed by atoms with Gasteiger partial charge in [0.1, 0.15) is 0 Å². The summed E-state index contributed by atoms with van der Waals surface area (Å²) < 4.78 is 0. The summed E-state index contributed by atoms with van der Waals surface area (Å²) in [5.74, 6) is -2.72. The minimum absolute atomic E-state index is 0. The standard InChI is InChI=1S/C20H38O4.Na.H/c1-2-3-4-5-6-7-8-9-10-11-12-13-14-15-16-18(20(23)24)17-19(21)22;;/h18H,2-17H2,1H3,(H,21,22)(H,23,24);;. The Kier molecular flexibility index (Phi) is 22.0. The molecule has 0 rings (SSSR count). The molecule has 0 bridgehead atoms. The van der Waals surface area contributed by atoms with Crippen molar-refractivity contribution < 1.29 is 19.8 Å². The quantitative estimate of drug-likeness (QED) is 0.252. The van der Waals surface area contributed by atoms with Crippen LogP contribution in [-0.4, -0.2) is 51.7 Å². The summed E-state index contributed by atoms with van der Waals surface area (Å²) in [6.45, 7) is 2.25. The van der Waals surface area contributed by atoms with E-state index in [4.69, 9.17) is 10.2 Å². The normalized spacial score (nSPS) is 11.7. The number of rotatable bonds is 18. The Balaban J connectivity index is 0. The van der Waals surface area contributed by atoms with Gasteiger partial charge >= 0.3 is 41.5 Å². The summed E-state index contributed by atoms with van der Waals surface area (Å²) in [7, 11) is 0. The third kappa shape index (κ3) is 20.1. The van der Waals surface area contributed by atoms with E-state index in [9.17, 15) is 9.59 Å². The Bertz CT molecular complexity index is 321. The van der Waals surface area contributed by atoms with Gasteiger partial charge in [0.15, 0.2) is 0 Å². The maximum absolute atomic E-state index is 10.9. The van der Waals surface area contributed by atoms with Crippen LogP contribution in [-0.2, 0) is 9.59 Å². The number of carbonyl (C=O) groups is 2. The van der Waals surface area contributed by atoms with Gasteiger partial charge < -0.3 is 10.2 Å². The molecule has 0 amide bonds. The van der Waals surface area contributed by atoms with Crippen LogP contribution in [0.15, 0.2) is 0 Å². The monoisotopic (exact) mass is 366 g/mol. The fourth-order valence-corrected chi connectivity index (χ4v) is 3.11. The molecule has 0 aliphatic heterocycles. The van der Waals surface area contributed by atoms with Crippen molar-refractivity contribution in [1.29, 1.82) is 0 Å². The first-order valence-corrected chi connectivity index (χ1v) is 10.0. The van der Waals surface area contributed by atoms with Crippen LogP contribution in [0.1, 0.15) is 110 Å². The molecule has 5 heteroatoms. The first-order chi connectivity index (χ1) is 11.6. The van der Waals surface area contributed by atoms with E-state index < -0.39 is 17.9 Å². The molecule has 4 nitrogen and oxygen atoms in total. The molecule has 1 atom stereocenters.